The molecule has 1 aromatic rings. The van der Waals surface area contributed by atoms with E-state index < -0.39 is 23.7 Å². The van der Waals surface area contributed by atoms with Crippen LogP contribution >= 0.6 is 11.3 Å². The summed E-state index contributed by atoms with van der Waals surface area (Å²) >= 11 is 1.31. The van der Waals surface area contributed by atoms with E-state index in [-0.39, 0.29) is 11.5 Å². The van der Waals surface area contributed by atoms with Crippen molar-refractivity contribution >= 4 is 34.1 Å². The van der Waals surface area contributed by atoms with Gasteiger partial charge in [0.25, 0.3) is 5.91 Å². The molecule has 7 heteroatoms. The Bertz CT molecular complexity index is 596. The number of anilines is 1. The standard InChI is InChI=1S/C15H20N2O4S/c1-2-8-7-11(12(16)18)14(22-8)17-13(19)9-5-3-4-6-10(9)15(20)21/h7,9-10H,2-6H2,1H3,(H2,16,18)(H,17,19)(H,20,21). The van der Waals surface area contributed by atoms with E-state index in [2.05, 4.69) is 5.32 Å². The molecule has 1 heterocycles. The van der Waals surface area contributed by atoms with Crippen molar-refractivity contribution < 1.29 is 19.5 Å². The molecule has 4 N–H and O–H groups in total. The van der Waals surface area contributed by atoms with Gasteiger partial charge in [0.2, 0.25) is 5.91 Å². The average Bonchev–Trinajstić information content (AvgIpc) is 2.90. The second-order valence-electron chi connectivity index (χ2n) is 5.50. The molecule has 2 amide bonds. The summed E-state index contributed by atoms with van der Waals surface area (Å²) in [5.74, 6) is -3.07. The molecule has 2 unspecified atom stereocenters. The molecule has 120 valence electrons. The molecule has 0 radical (unpaired) electrons. The molecule has 0 saturated heterocycles. The Morgan fingerprint density at radius 2 is 1.95 bits per heavy atom. The summed E-state index contributed by atoms with van der Waals surface area (Å²) in [4.78, 5) is 36.1. The highest BCUT2D eigenvalue weighted by atomic mass is 32.1. The number of hydrogen-bond donors (Lipinski definition) is 3. The lowest BCUT2D eigenvalue weighted by molar-refractivity contribution is -0.147. The van der Waals surface area contributed by atoms with Gasteiger partial charge in [0.05, 0.1) is 17.4 Å². The van der Waals surface area contributed by atoms with E-state index in [0.29, 0.717) is 17.8 Å². The maximum Gasteiger partial charge on any atom is 0.307 e. The highest BCUT2D eigenvalue weighted by molar-refractivity contribution is 7.16. The van der Waals surface area contributed by atoms with E-state index in [0.717, 1.165) is 24.1 Å². The molecular weight excluding hydrogens is 304 g/mol. The van der Waals surface area contributed by atoms with Crippen molar-refractivity contribution in [2.45, 2.75) is 39.0 Å². The number of primary amides is 1. The first-order chi connectivity index (χ1) is 10.4. The molecule has 0 spiro atoms. The van der Waals surface area contributed by atoms with Gasteiger partial charge in [-0.05, 0) is 25.3 Å². The van der Waals surface area contributed by atoms with Crippen LogP contribution in [0.1, 0.15) is 47.8 Å². The molecular formula is C15H20N2O4S. The lowest BCUT2D eigenvalue weighted by atomic mass is 9.79. The van der Waals surface area contributed by atoms with E-state index in [1.54, 1.807) is 6.07 Å². The molecule has 1 aliphatic rings. The molecule has 1 aliphatic carbocycles. The van der Waals surface area contributed by atoms with Crippen LogP contribution in [-0.4, -0.2) is 22.9 Å². The van der Waals surface area contributed by atoms with Crippen molar-refractivity contribution in [1.29, 1.82) is 0 Å². The minimum atomic E-state index is -0.935. The smallest absolute Gasteiger partial charge is 0.307 e. The van der Waals surface area contributed by atoms with Crippen molar-refractivity contribution in [2.75, 3.05) is 5.32 Å². The van der Waals surface area contributed by atoms with Gasteiger partial charge in [0.1, 0.15) is 5.00 Å². The fourth-order valence-corrected chi connectivity index (χ4v) is 3.84. The number of carboxylic acids is 1. The number of carbonyl (C=O) groups is 3. The number of thiophene rings is 1. The van der Waals surface area contributed by atoms with Gasteiger partial charge in [-0.1, -0.05) is 19.8 Å². The van der Waals surface area contributed by atoms with Gasteiger partial charge in [-0.3, -0.25) is 14.4 Å². The maximum atomic E-state index is 12.4. The third kappa shape index (κ3) is 3.47. The van der Waals surface area contributed by atoms with Crippen LogP contribution in [0.3, 0.4) is 0 Å². The maximum absolute atomic E-state index is 12.4. The van der Waals surface area contributed by atoms with Gasteiger partial charge in [-0.15, -0.1) is 11.3 Å². The number of nitrogens with two attached hydrogens (primary N) is 1. The first-order valence-corrected chi connectivity index (χ1v) is 8.21. The monoisotopic (exact) mass is 324 g/mol. The van der Waals surface area contributed by atoms with Crippen LogP contribution in [-0.2, 0) is 16.0 Å². The van der Waals surface area contributed by atoms with E-state index >= 15 is 0 Å². The quantitative estimate of drug-likeness (QED) is 0.771. The van der Waals surface area contributed by atoms with Crippen LogP contribution in [0.25, 0.3) is 0 Å². The van der Waals surface area contributed by atoms with Crippen LogP contribution in [0, 0.1) is 11.8 Å². The average molecular weight is 324 g/mol. The number of hydrogen-bond acceptors (Lipinski definition) is 4. The minimum absolute atomic E-state index is 0.290. The largest absolute Gasteiger partial charge is 0.481 e. The molecule has 2 rings (SSSR count). The highest BCUT2D eigenvalue weighted by Gasteiger charge is 2.36. The van der Waals surface area contributed by atoms with E-state index in [4.69, 9.17) is 5.73 Å². The number of carbonyl (C=O) groups excluding carboxylic acids is 2. The zero-order valence-corrected chi connectivity index (χ0v) is 13.2. The number of aliphatic carboxylic acids is 1. The third-order valence-corrected chi connectivity index (χ3v) is 5.25. The lowest BCUT2D eigenvalue weighted by Crippen LogP contribution is -2.36. The number of aryl methyl sites for hydroxylation is 1. The van der Waals surface area contributed by atoms with E-state index in [1.165, 1.54) is 11.3 Å². The molecule has 0 aromatic carbocycles. The van der Waals surface area contributed by atoms with Crippen LogP contribution in [0.2, 0.25) is 0 Å². The summed E-state index contributed by atoms with van der Waals surface area (Å²) in [6.07, 6.45) is 3.48. The Balaban J connectivity index is 2.19. The molecule has 1 fully saturated rings. The van der Waals surface area contributed by atoms with Crippen LogP contribution in [0.4, 0.5) is 5.00 Å². The Kier molecular flexibility index (Phi) is 5.18. The summed E-state index contributed by atoms with van der Waals surface area (Å²) in [7, 11) is 0. The second-order valence-corrected chi connectivity index (χ2v) is 6.63. The Morgan fingerprint density at radius 3 is 2.50 bits per heavy atom. The SMILES string of the molecule is CCc1cc(C(N)=O)c(NC(=O)C2CCCCC2C(=O)O)s1. The van der Waals surface area contributed by atoms with E-state index in [1.807, 2.05) is 6.92 Å². The van der Waals surface area contributed by atoms with Crippen molar-refractivity contribution in [3.05, 3.63) is 16.5 Å². The topological polar surface area (TPSA) is 109 Å². The van der Waals surface area contributed by atoms with Gasteiger partial charge in [0.15, 0.2) is 0 Å². The summed E-state index contributed by atoms with van der Waals surface area (Å²) < 4.78 is 0. The number of rotatable bonds is 5. The lowest BCUT2D eigenvalue weighted by Gasteiger charge is -2.27. The Hall–Kier alpha value is -1.89. The van der Waals surface area contributed by atoms with Gasteiger partial charge in [-0.2, -0.15) is 0 Å². The minimum Gasteiger partial charge on any atom is -0.481 e. The van der Waals surface area contributed by atoms with Gasteiger partial charge in [0, 0.05) is 4.88 Å². The fraction of sp³-hybridized carbons (Fsp3) is 0.533. The predicted octanol–water partition coefficient (Wildman–Crippen LogP) is 2.24. The zero-order chi connectivity index (χ0) is 16.3. The highest BCUT2D eigenvalue weighted by Crippen LogP contribution is 2.33. The van der Waals surface area contributed by atoms with Crippen molar-refractivity contribution in [1.82, 2.24) is 0 Å². The van der Waals surface area contributed by atoms with E-state index in [9.17, 15) is 19.5 Å². The first-order valence-electron chi connectivity index (χ1n) is 7.40. The molecule has 22 heavy (non-hydrogen) atoms. The molecule has 1 saturated carbocycles. The van der Waals surface area contributed by atoms with Crippen LogP contribution in [0.15, 0.2) is 6.07 Å². The van der Waals surface area contributed by atoms with Crippen molar-refractivity contribution in [2.24, 2.45) is 17.6 Å². The third-order valence-electron chi connectivity index (χ3n) is 4.05. The summed E-state index contributed by atoms with van der Waals surface area (Å²) in [5, 5.41) is 12.4. The van der Waals surface area contributed by atoms with Crippen LogP contribution in [0.5, 0.6) is 0 Å². The van der Waals surface area contributed by atoms with Gasteiger partial charge < -0.3 is 16.2 Å². The van der Waals surface area contributed by atoms with Gasteiger partial charge in [-0.25, -0.2) is 0 Å². The van der Waals surface area contributed by atoms with Gasteiger partial charge >= 0.3 is 5.97 Å². The number of carboxylic acid groups (broad SMARTS) is 1. The number of nitrogens with one attached hydrogen (secondary N) is 1. The molecule has 2 atom stereocenters. The Labute approximate surface area is 132 Å². The van der Waals surface area contributed by atoms with Crippen molar-refractivity contribution in [3.8, 4) is 0 Å². The predicted molar refractivity (Wildman–Crippen MR) is 83.9 cm³/mol. The zero-order valence-electron chi connectivity index (χ0n) is 12.4. The summed E-state index contributed by atoms with van der Waals surface area (Å²) in [6, 6.07) is 1.68. The molecule has 6 nitrogen and oxygen atoms in total. The fourth-order valence-electron chi connectivity index (χ4n) is 2.84. The molecule has 1 aromatic heterocycles. The summed E-state index contributed by atoms with van der Waals surface area (Å²) in [5.41, 5.74) is 5.62. The molecule has 0 bridgehead atoms. The molecule has 0 aliphatic heterocycles. The Morgan fingerprint density at radius 1 is 1.32 bits per heavy atom. The van der Waals surface area contributed by atoms with Crippen LogP contribution < -0.4 is 11.1 Å². The first kappa shape index (κ1) is 16.5. The number of amides is 2. The second kappa shape index (κ2) is 6.91. The normalized spacial score (nSPS) is 21.3. The summed E-state index contributed by atoms with van der Waals surface area (Å²) in [6.45, 7) is 1.95. The van der Waals surface area contributed by atoms with Crippen molar-refractivity contribution in [3.63, 3.8) is 0 Å².